The van der Waals surface area contributed by atoms with E-state index in [1.165, 1.54) is 0 Å². The molecule has 0 bridgehead atoms. The van der Waals surface area contributed by atoms with Crippen molar-refractivity contribution in [3.8, 4) is 5.75 Å². The van der Waals surface area contributed by atoms with Gasteiger partial charge in [-0.3, -0.25) is 0 Å². The summed E-state index contributed by atoms with van der Waals surface area (Å²) in [6.45, 7) is 0. The fourth-order valence-electron chi connectivity index (χ4n) is 1.66. The molecule has 15 heavy (non-hydrogen) atoms. The van der Waals surface area contributed by atoms with Crippen LogP contribution in [0.5, 0.6) is 5.75 Å². The van der Waals surface area contributed by atoms with E-state index in [2.05, 4.69) is 0 Å². The molecule has 82 valence electrons. The summed E-state index contributed by atoms with van der Waals surface area (Å²) in [5.74, 6) is 0.662. The standard InChI is InChI=1S/C11H15ClN2O/c1-15-9-3-2-7(6-8(9)12)10(13)11(14)4-5-11/h2-3,6,10H,4-5,13-14H2,1H3. The van der Waals surface area contributed by atoms with E-state index in [0.717, 1.165) is 18.4 Å². The molecule has 0 aliphatic heterocycles. The molecule has 1 saturated carbocycles. The lowest BCUT2D eigenvalue weighted by Gasteiger charge is -2.19. The maximum Gasteiger partial charge on any atom is 0.137 e. The van der Waals surface area contributed by atoms with E-state index in [1.807, 2.05) is 18.2 Å². The highest BCUT2D eigenvalue weighted by Gasteiger charge is 2.44. The Balaban J connectivity index is 2.26. The predicted octanol–water partition coefficient (Wildman–Crippen LogP) is 1.84. The second-order valence-corrected chi connectivity index (χ2v) is 4.51. The van der Waals surface area contributed by atoms with Crippen molar-refractivity contribution in [3.05, 3.63) is 28.8 Å². The zero-order valence-electron chi connectivity index (χ0n) is 8.66. The van der Waals surface area contributed by atoms with Gasteiger partial charge in [-0.1, -0.05) is 17.7 Å². The number of nitrogens with two attached hydrogens (primary N) is 2. The van der Waals surface area contributed by atoms with Crippen LogP contribution in [-0.2, 0) is 0 Å². The Morgan fingerprint density at radius 1 is 1.47 bits per heavy atom. The van der Waals surface area contributed by atoms with Gasteiger partial charge in [-0.2, -0.15) is 0 Å². The minimum atomic E-state index is -0.224. The van der Waals surface area contributed by atoms with E-state index >= 15 is 0 Å². The largest absolute Gasteiger partial charge is 0.495 e. The highest BCUT2D eigenvalue weighted by atomic mass is 35.5. The van der Waals surface area contributed by atoms with E-state index in [9.17, 15) is 0 Å². The molecule has 0 heterocycles. The summed E-state index contributed by atoms with van der Waals surface area (Å²) in [6, 6.07) is 5.43. The van der Waals surface area contributed by atoms with E-state index in [-0.39, 0.29) is 11.6 Å². The van der Waals surface area contributed by atoms with Gasteiger partial charge in [0.05, 0.1) is 12.1 Å². The first kappa shape index (κ1) is 10.7. The lowest BCUT2D eigenvalue weighted by molar-refractivity contribution is 0.414. The van der Waals surface area contributed by atoms with Crippen molar-refractivity contribution in [1.29, 1.82) is 0 Å². The first-order valence-corrected chi connectivity index (χ1v) is 5.32. The molecular formula is C11H15ClN2O. The third-order valence-electron chi connectivity index (χ3n) is 2.98. The monoisotopic (exact) mass is 226 g/mol. The topological polar surface area (TPSA) is 61.3 Å². The second kappa shape index (κ2) is 3.67. The van der Waals surface area contributed by atoms with Crippen LogP contribution in [0.2, 0.25) is 5.02 Å². The maximum absolute atomic E-state index is 6.07. The lowest BCUT2D eigenvalue weighted by Crippen LogP contribution is -2.36. The fourth-order valence-corrected chi connectivity index (χ4v) is 1.93. The lowest BCUT2D eigenvalue weighted by atomic mass is 9.99. The number of hydrogen-bond acceptors (Lipinski definition) is 3. The summed E-state index contributed by atoms with van der Waals surface area (Å²) < 4.78 is 5.08. The van der Waals surface area contributed by atoms with Gasteiger partial charge in [0.15, 0.2) is 0 Å². The van der Waals surface area contributed by atoms with Crippen LogP contribution < -0.4 is 16.2 Å². The molecule has 2 rings (SSSR count). The molecule has 1 aromatic carbocycles. The molecule has 4 heteroatoms. The average molecular weight is 227 g/mol. The van der Waals surface area contributed by atoms with Crippen LogP contribution in [0.3, 0.4) is 0 Å². The van der Waals surface area contributed by atoms with Gasteiger partial charge in [-0.25, -0.2) is 0 Å². The number of halogens is 1. The smallest absolute Gasteiger partial charge is 0.137 e. The molecule has 4 N–H and O–H groups in total. The van der Waals surface area contributed by atoms with Crippen LogP contribution in [0.4, 0.5) is 0 Å². The zero-order chi connectivity index (χ0) is 11.1. The van der Waals surface area contributed by atoms with E-state index < -0.39 is 0 Å². The molecule has 0 spiro atoms. The summed E-state index contributed by atoms with van der Waals surface area (Å²) >= 11 is 6.02. The molecule has 0 radical (unpaired) electrons. The van der Waals surface area contributed by atoms with E-state index in [1.54, 1.807) is 7.11 Å². The Morgan fingerprint density at radius 3 is 2.60 bits per heavy atom. The van der Waals surface area contributed by atoms with Crippen LogP contribution in [-0.4, -0.2) is 12.6 Å². The van der Waals surface area contributed by atoms with Crippen molar-refractivity contribution in [2.24, 2.45) is 11.5 Å². The third-order valence-corrected chi connectivity index (χ3v) is 3.28. The first-order chi connectivity index (χ1) is 7.07. The Hall–Kier alpha value is -0.770. The minimum Gasteiger partial charge on any atom is -0.495 e. The predicted molar refractivity (Wildman–Crippen MR) is 61.1 cm³/mol. The van der Waals surface area contributed by atoms with Crippen LogP contribution in [0.15, 0.2) is 18.2 Å². The van der Waals surface area contributed by atoms with Gasteiger partial charge < -0.3 is 16.2 Å². The SMILES string of the molecule is COc1ccc(C(N)C2(N)CC2)cc1Cl. The summed E-state index contributed by atoms with van der Waals surface area (Å²) in [6.07, 6.45) is 1.97. The first-order valence-electron chi connectivity index (χ1n) is 4.95. The molecule has 1 atom stereocenters. The molecule has 0 aromatic heterocycles. The van der Waals surface area contributed by atoms with Gasteiger partial charge in [0, 0.05) is 11.6 Å². The van der Waals surface area contributed by atoms with Crippen molar-refractivity contribution in [1.82, 2.24) is 0 Å². The Labute approximate surface area is 94.3 Å². The van der Waals surface area contributed by atoms with Crippen LogP contribution in [0.25, 0.3) is 0 Å². The van der Waals surface area contributed by atoms with Crippen molar-refractivity contribution in [3.63, 3.8) is 0 Å². The fraction of sp³-hybridized carbons (Fsp3) is 0.455. The van der Waals surface area contributed by atoms with Crippen LogP contribution >= 0.6 is 11.6 Å². The third kappa shape index (κ3) is 1.95. The van der Waals surface area contributed by atoms with E-state index in [0.29, 0.717) is 10.8 Å². The number of hydrogen-bond donors (Lipinski definition) is 2. The Kier molecular flexibility index (Phi) is 2.63. The van der Waals surface area contributed by atoms with Crippen molar-refractivity contribution in [2.45, 2.75) is 24.4 Å². The summed E-state index contributed by atoms with van der Waals surface area (Å²) in [5, 5.41) is 0.578. The molecule has 1 unspecified atom stereocenters. The molecule has 1 aromatic rings. The molecule has 0 saturated heterocycles. The number of benzene rings is 1. The highest BCUT2D eigenvalue weighted by Crippen LogP contribution is 2.43. The Bertz CT molecular complexity index is 377. The van der Waals surface area contributed by atoms with E-state index in [4.69, 9.17) is 27.8 Å². The summed E-state index contributed by atoms with van der Waals surface area (Å²) in [4.78, 5) is 0. The summed E-state index contributed by atoms with van der Waals surface area (Å²) in [7, 11) is 1.59. The molecule has 3 nitrogen and oxygen atoms in total. The van der Waals surface area contributed by atoms with Gasteiger partial charge >= 0.3 is 0 Å². The maximum atomic E-state index is 6.07. The molecule has 1 aliphatic carbocycles. The van der Waals surface area contributed by atoms with Gasteiger partial charge in [-0.15, -0.1) is 0 Å². The highest BCUT2D eigenvalue weighted by molar-refractivity contribution is 6.32. The van der Waals surface area contributed by atoms with Crippen molar-refractivity contribution in [2.75, 3.05) is 7.11 Å². The number of methoxy groups -OCH3 is 1. The molecule has 1 aliphatic rings. The van der Waals surface area contributed by atoms with Gasteiger partial charge in [0.2, 0.25) is 0 Å². The number of ether oxygens (including phenoxy) is 1. The van der Waals surface area contributed by atoms with Crippen LogP contribution in [0.1, 0.15) is 24.4 Å². The van der Waals surface area contributed by atoms with Gasteiger partial charge in [0.1, 0.15) is 5.75 Å². The second-order valence-electron chi connectivity index (χ2n) is 4.10. The molecule has 0 amide bonds. The zero-order valence-corrected chi connectivity index (χ0v) is 9.42. The number of rotatable bonds is 3. The minimum absolute atomic E-state index is 0.138. The van der Waals surface area contributed by atoms with Crippen LogP contribution in [0, 0.1) is 0 Å². The van der Waals surface area contributed by atoms with Gasteiger partial charge in [-0.05, 0) is 30.5 Å². The van der Waals surface area contributed by atoms with Gasteiger partial charge in [0.25, 0.3) is 0 Å². The van der Waals surface area contributed by atoms with Crippen molar-refractivity contribution < 1.29 is 4.74 Å². The quantitative estimate of drug-likeness (QED) is 0.827. The van der Waals surface area contributed by atoms with Crippen molar-refractivity contribution >= 4 is 11.6 Å². The Morgan fingerprint density at radius 2 is 2.13 bits per heavy atom. The molecule has 1 fully saturated rings. The summed E-state index contributed by atoms with van der Waals surface area (Å²) in [5.41, 5.74) is 12.9. The average Bonchev–Trinajstić information content (AvgIpc) is 2.96. The molecular weight excluding hydrogens is 212 g/mol. The normalized spacial score (nSPS) is 19.7.